The summed E-state index contributed by atoms with van der Waals surface area (Å²) in [5.74, 6) is 0. The molecule has 0 spiro atoms. The molecule has 1 N–H and O–H groups in total. The normalized spacial score (nSPS) is 12.2. The molecule has 0 fully saturated rings. The Bertz CT molecular complexity index is 546. The van der Waals surface area contributed by atoms with E-state index in [9.17, 15) is 0 Å². The van der Waals surface area contributed by atoms with Gasteiger partial charge < -0.3 is 10.2 Å². The average molecular weight is 268 g/mol. The van der Waals surface area contributed by atoms with Crippen molar-refractivity contribution in [3.8, 4) is 0 Å². The smallest absolute Gasteiger partial charge is 0.0495 e. The number of anilines is 1. The molecule has 0 bridgehead atoms. The lowest BCUT2D eigenvalue weighted by molar-refractivity contribution is 0.589. The Morgan fingerprint density at radius 3 is 2.30 bits per heavy atom. The molecule has 0 heterocycles. The summed E-state index contributed by atoms with van der Waals surface area (Å²) in [6.07, 6.45) is 0. The topological polar surface area (TPSA) is 15.3 Å². The van der Waals surface area contributed by atoms with Crippen LogP contribution in [0.25, 0.3) is 0 Å². The number of hydrogen-bond acceptors (Lipinski definition) is 2. The Hall–Kier alpha value is -1.80. The Kier molecular flexibility index (Phi) is 4.80. The van der Waals surface area contributed by atoms with Crippen molar-refractivity contribution >= 4 is 5.69 Å². The molecule has 1 atom stereocenters. The van der Waals surface area contributed by atoms with Gasteiger partial charge in [0.1, 0.15) is 0 Å². The van der Waals surface area contributed by atoms with Crippen LogP contribution in [0.1, 0.15) is 22.7 Å². The van der Waals surface area contributed by atoms with Gasteiger partial charge in [-0.25, -0.2) is 0 Å². The van der Waals surface area contributed by atoms with E-state index in [2.05, 4.69) is 79.6 Å². The van der Waals surface area contributed by atoms with E-state index in [0.717, 1.165) is 6.54 Å². The lowest BCUT2D eigenvalue weighted by Gasteiger charge is -2.26. The molecule has 2 aromatic carbocycles. The quantitative estimate of drug-likeness (QED) is 0.889. The molecule has 20 heavy (non-hydrogen) atoms. The first-order valence-corrected chi connectivity index (χ1v) is 7.12. The van der Waals surface area contributed by atoms with Crippen LogP contribution in [0.5, 0.6) is 0 Å². The standard InChI is InChI=1S/C18H24N2/c1-14-8-10-16(11-9-14)18(19-3)13-20(4)17-7-5-6-15(2)12-17/h5-12,18-19H,13H2,1-4H3. The molecule has 0 radical (unpaired) electrons. The van der Waals surface area contributed by atoms with Crippen LogP contribution < -0.4 is 10.2 Å². The fraction of sp³-hybridized carbons (Fsp3) is 0.333. The van der Waals surface area contributed by atoms with Crippen LogP contribution in [0.15, 0.2) is 48.5 Å². The Morgan fingerprint density at radius 1 is 1.00 bits per heavy atom. The summed E-state index contributed by atoms with van der Waals surface area (Å²) in [6, 6.07) is 17.7. The van der Waals surface area contributed by atoms with Gasteiger partial charge in [0.25, 0.3) is 0 Å². The predicted molar refractivity (Wildman–Crippen MR) is 87.4 cm³/mol. The van der Waals surface area contributed by atoms with Crippen LogP contribution in [0.2, 0.25) is 0 Å². The minimum atomic E-state index is 0.334. The number of benzene rings is 2. The Labute approximate surface area is 122 Å². The van der Waals surface area contributed by atoms with Gasteiger partial charge in [0.15, 0.2) is 0 Å². The van der Waals surface area contributed by atoms with E-state index in [1.165, 1.54) is 22.4 Å². The third-order valence-electron chi connectivity index (χ3n) is 3.73. The molecule has 2 nitrogen and oxygen atoms in total. The summed E-state index contributed by atoms with van der Waals surface area (Å²) in [6.45, 7) is 5.20. The van der Waals surface area contributed by atoms with Crippen LogP contribution in [0, 0.1) is 13.8 Å². The highest BCUT2D eigenvalue weighted by atomic mass is 15.1. The molecule has 0 saturated heterocycles. The molecule has 2 heteroatoms. The van der Waals surface area contributed by atoms with Crippen LogP contribution in [0.3, 0.4) is 0 Å². The molecule has 0 amide bonds. The molecule has 0 aliphatic heterocycles. The highest BCUT2D eigenvalue weighted by Crippen LogP contribution is 2.19. The van der Waals surface area contributed by atoms with E-state index in [0.29, 0.717) is 6.04 Å². The first kappa shape index (κ1) is 14.6. The zero-order valence-electron chi connectivity index (χ0n) is 12.9. The zero-order valence-corrected chi connectivity index (χ0v) is 12.9. The maximum Gasteiger partial charge on any atom is 0.0495 e. The van der Waals surface area contributed by atoms with Crippen molar-refractivity contribution in [3.63, 3.8) is 0 Å². The van der Waals surface area contributed by atoms with Crippen molar-refractivity contribution in [2.75, 3.05) is 25.5 Å². The number of nitrogens with zero attached hydrogens (tertiary/aromatic N) is 1. The summed E-state index contributed by atoms with van der Waals surface area (Å²) in [7, 11) is 4.17. The van der Waals surface area contributed by atoms with Gasteiger partial charge in [-0.1, -0.05) is 42.0 Å². The van der Waals surface area contributed by atoms with Crippen LogP contribution >= 0.6 is 0 Å². The van der Waals surface area contributed by atoms with E-state index in [4.69, 9.17) is 0 Å². The highest BCUT2D eigenvalue weighted by molar-refractivity contribution is 5.48. The molecule has 0 aliphatic rings. The van der Waals surface area contributed by atoms with Crippen molar-refractivity contribution in [2.24, 2.45) is 0 Å². The number of likely N-dealkylation sites (N-methyl/N-ethyl adjacent to an activating group) is 2. The predicted octanol–water partition coefficient (Wildman–Crippen LogP) is 3.70. The van der Waals surface area contributed by atoms with Crippen molar-refractivity contribution in [1.29, 1.82) is 0 Å². The minimum Gasteiger partial charge on any atom is -0.373 e. The molecule has 0 aromatic heterocycles. The minimum absolute atomic E-state index is 0.334. The maximum absolute atomic E-state index is 3.41. The summed E-state index contributed by atoms with van der Waals surface area (Å²) in [4.78, 5) is 2.30. The molecular weight excluding hydrogens is 244 g/mol. The van der Waals surface area contributed by atoms with Crippen LogP contribution in [-0.2, 0) is 0 Å². The largest absolute Gasteiger partial charge is 0.373 e. The monoisotopic (exact) mass is 268 g/mol. The van der Waals surface area contributed by atoms with Gasteiger partial charge in [-0.2, -0.15) is 0 Å². The summed E-state index contributed by atoms with van der Waals surface area (Å²) < 4.78 is 0. The molecule has 106 valence electrons. The van der Waals surface area contributed by atoms with Crippen molar-refractivity contribution in [3.05, 3.63) is 65.2 Å². The summed E-state index contributed by atoms with van der Waals surface area (Å²) in [5.41, 5.74) is 5.19. The fourth-order valence-electron chi connectivity index (χ4n) is 2.41. The van der Waals surface area contributed by atoms with Gasteiger partial charge in [-0.15, -0.1) is 0 Å². The molecule has 0 saturated carbocycles. The van der Waals surface area contributed by atoms with E-state index >= 15 is 0 Å². The average Bonchev–Trinajstić information content (AvgIpc) is 2.45. The number of hydrogen-bond donors (Lipinski definition) is 1. The second-order valence-electron chi connectivity index (χ2n) is 5.47. The lowest BCUT2D eigenvalue weighted by Crippen LogP contribution is -2.31. The molecule has 1 unspecified atom stereocenters. The first-order chi connectivity index (χ1) is 9.60. The summed E-state index contributed by atoms with van der Waals surface area (Å²) >= 11 is 0. The number of nitrogens with one attached hydrogen (secondary N) is 1. The van der Waals surface area contributed by atoms with E-state index in [-0.39, 0.29) is 0 Å². The van der Waals surface area contributed by atoms with Gasteiger partial charge in [-0.3, -0.25) is 0 Å². The van der Waals surface area contributed by atoms with Crippen molar-refractivity contribution < 1.29 is 0 Å². The lowest BCUT2D eigenvalue weighted by atomic mass is 10.0. The van der Waals surface area contributed by atoms with E-state index in [1.807, 2.05) is 7.05 Å². The number of rotatable bonds is 5. The van der Waals surface area contributed by atoms with Crippen molar-refractivity contribution in [2.45, 2.75) is 19.9 Å². The fourth-order valence-corrected chi connectivity index (χ4v) is 2.41. The van der Waals surface area contributed by atoms with Crippen molar-refractivity contribution in [1.82, 2.24) is 5.32 Å². The van der Waals surface area contributed by atoms with Crippen LogP contribution in [-0.4, -0.2) is 20.6 Å². The third kappa shape index (κ3) is 3.61. The summed E-state index contributed by atoms with van der Waals surface area (Å²) in [5, 5.41) is 3.41. The number of aryl methyl sites for hydroxylation is 2. The molecular formula is C18H24N2. The molecule has 2 rings (SSSR count). The molecule has 0 aliphatic carbocycles. The van der Waals surface area contributed by atoms with E-state index < -0.39 is 0 Å². The Balaban J connectivity index is 2.11. The van der Waals surface area contributed by atoms with Gasteiger partial charge in [-0.05, 0) is 44.2 Å². The van der Waals surface area contributed by atoms with Crippen LogP contribution in [0.4, 0.5) is 5.69 Å². The van der Waals surface area contributed by atoms with Gasteiger partial charge >= 0.3 is 0 Å². The second-order valence-corrected chi connectivity index (χ2v) is 5.47. The van der Waals surface area contributed by atoms with Gasteiger partial charge in [0, 0.05) is 25.3 Å². The van der Waals surface area contributed by atoms with Gasteiger partial charge in [0.2, 0.25) is 0 Å². The van der Waals surface area contributed by atoms with Gasteiger partial charge in [0.05, 0.1) is 0 Å². The zero-order chi connectivity index (χ0) is 14.5. The maximum atomic E-state index is 3.41. The van der Waals surface area contributed by atoms with E-state index in [1.54, 1.807) is 0 Å². The third-order valence-corrected chi connectivity index (χ3v) is 3.73. The SMILES string of the molecule is CNC(CN(C)c1cccc(C)c1)c1ccc(C)cc1. The Morgan fingerprint density at radius 2 is 1.70 bits per heavy atom. The highest BCUT2D eigenvalue weighted by Gasteiger charge is 2.12. The molecule has 2 aromatic rings. The second kappa shape index (κ2) is 6.58. The first-order valence-electron chi connectivity index (χ1n) is 7.12.